The molecular weight excluding hydrogens is 520 g/mol. The number of halogens is 1. The number of hydrogen-bond donors (Lipinski definition) is 1. The lowest BCUT2D eigenvalue weighted by molar-refractivity contribution is -0.120. The van der Waals surface area contributed by atoms with Crippen molar-refractivity contribution in [3.63, 3.8) is 0 Å². The van der Waals surface area contributed by atoms with Crippen LogP contribution in [0.1, 0.15) is 24.1 Å². The monoisotopic (exact) mass is 546 g/mol. The standard InChI is InChI=1S/C25H27BrN2O5S/c1-17-8-13-23(33-4)24(14-17)34(30,31)28(21-9-11-22(32-3)12-10-21)16-25(29)27-18(2)19-6-5-7-20(26)15-19/h5-15,18H,16H2,1-4H3,(H,27,29)/t18-/m1/s1. The molecule has 1 amide bonds. The molecule has 3 aromatic carbocycles. The molecule has 0 heterocycles. The second kappa shape index (κ2) is 10.9. The van der Waals surface area contributed by atoms with Crippen molar-refractivity contribution in [2.75, 3.05) is 25.1 Å². The van der Waals surface area contributed by atoms with E-state index in [1.807, 2.05) is 31.2 Å². The summed E-state index contributed by atoms with van der Waals surface area (Å²) in [6.45, 7) is 3.22. The van der Waals surface area contributed by atoms with Crippen LogP contribution in [0.15, 0.2) is 76.1 Å². The fourth-order valence-corrected chi connectivity index (χ4v) is 5.53. The average Bonchev–Trinajstić information content (AvgIpc) is 2.82. The van der Waals surface area contributed by atoms with Gasteiger partial charge < -0.3 is 14.8 Å². The molecule has 0 bridgehead atoms. The first-order valence-corrected chi connectivity index (χ1v) is 12.7. The molecule has 3 aromatic rings. The lowest BCUT2D eigenvalue weighted by Gasteiger charge is -2.26. The zero-order valence-corrected chi connectivity index (χ0v) is 21.8. The Kier molecular flexibility index (Phi) is 8.22. The molecule has 1 N–H and O–H groups in total. The topological polar surface area (TPSA) is 84.9 Å². The predicted molar refractivity (Wildman–Crippen MR) is 136 cm³/mol. The van der Waals surface area contributed by atoms with Gasteiger partial charge in [0.25, 0.3) is 10.0 Å². The van der Waals surface area contributed by atoms with Gasteiger partial charge in [-0.3, -0.25) is 9.10 Å². The van der Waals surface area contributed by atoms with Gasteiger partial charge in [0.2, 0.25) is 5.91 Å². The van der Waals surface area contributed by atoms with E-state index in [2.05, 4.69) is 21.2 Å². The number of anilines is 1. The number of amides is 1. The van der Waals surface area contributed by atoms with Gasteiger partial charge in [-0.05, 0) is 73.5 Å². The largest absolute Gasteiger partial charge is 0.497 e. The van der Waals surface area contributed by atoms with Gasteiger partial charge in [0.05, 0.1) is 25.9 Å². The SMILES string of the molecule is COc1ccc(N(CC(=O)N[C@H](C)c2cccc(Br)c2)S(=O)(=O)c2cc(C)ccc2OC)cc1. The van der Waals surface area contributed by atoms with Gasteiger partial charge in [-0.1, -0.05) is 34.1 Å². The van der Waals surface area contributed by atoms with Crippen LogP contribution in [0, 0.1) is 6.92 Å². The minimum atomic E-state index is -4.14. The molecule has 34 heavy (non-hydrogen) atoms. The maximum atomic E-state index is 13.8. The number of benzene rings is 3. The third kappa shape index (κ3) is 5.90. The van der Waals surface area contributed by atoms with E-state index in [1.54, 1.807) is 43.3 Å². The summed E-state index contributed by atoms with van der Waals surface area (Å²) >= 11 is 3.43. The maximum absolute atomic E-state index is 13.8. The molecule has 0 saturated carbocycles. The van der Waals surface area contributed by atoms with Gasteiger partial charge >= 0.3 is 0 Å². The summed E-state index contributed by atoms with van der Waals surface area (Å²) in [5, 5.41) is 2.89. The Labute approximate surface area is 208 Å². The van der Waals surface area contributed by atoms with Crippen molar-refractivity contribution >= 4 is 37.5 Å². The van der Waals surface area contributed by atoms with Crippen LogP contribution in [0.2, 0.25) is 0 Å². The molecule has 9 heteroatoms. The van der Waals surface area contributed by atoms with E-state index in [9.17, 15) is 13.2 Å². The van der Waals surface area contributed by atoms with E-state index in [0.717, 1.165) is 19.9 Å². The zero-order chi connectivity index (χ0) is 24.9. The Bertz CT molecular complexity index is 1260. The molecule has 0 saturated heterocycles. The summed E-state index contributed by atoms with van der Waals surface area (Å²) in [5.41, 5.74) is 1.97. The fraction of sp³-hybridized carbons (Fsp3) is 0.240. The Morgan fingerprint density at radius 2 is 1.74 bits per heavy atom. The Balaban J connectivity index is 1.97. The molecule has 180 valence electrons. The predicted octanol–water partition coefficient (Wildman–Crippen LogP) is 4.85. The highest BCUT2D eigenvalue weighted by molar-refractivity contribution is 9.10. The van der Waals surface area contributed by atoms with Gasteiger partial charge in [-0.25, -0.2) is 8.42 Å². The van der Waals surface area contributed by atoms with Crippen molar-refractivity contribution in [1.29, 1.82) is 0 Å². The number of methoxy groups -OCH3 is 2. The van der Waals surface area contributed by atoms with Gasteiger partial charge in [-0.2, -0.15) is 0 Å². The number of carbonyl (C=O) groups excluding carboxylic acids is 1. The van der Waals surface area contributed by atoms with E-state index < -0.39 is 22.5 Å². The lowest BCUT2D eigenvalue weighted by Crippen LogP contribution is -2.41. The summed E-state index contributed by atoms with van der Waals surface area (Å²) in [4.78, 5) is 13.0. The Morgan fingerprint density at radius 3 is 2.35 bits per heavy atom. The molecule has 0 aliphatic carbocycles. The second-order valence-electron chi connectivity index (χ2n) is 7.71. The van der Waals surface area contributed by atoms with Crippen LogP contribution in [0.5, 0.6) is 11.5 Å². The molecule has 0 aliphatic rings. The maximum Gasteiger partial charge on any atom is 0.268 e. The molecule has 1 atom stereocenters. The zero-order valence-electron chi connectivity index (χ0n) is 19.4. The molecule has 0 aliphatic heterocycles. The highest BCUT2D eigenvalue weighted by Gasteiger charge is 2.30. The average molecular weight is 547 g/mol. The van der Waals surface area contributed by atoms with E-state index in [-0.39, 0.29) is 16.7 Å². The first kappa shape index (κ1) is 25.6. The first-order valence-electron chi connectivity index (χ1n) is 10.5. The van der Waals surface area contributed by atoms with E-state index >= 15 is 0 Å². The molecule has 0 unspecified atom stereocenters. The summed E-state index contributed by atoms with van der Waals surface area (Å²) < 4.78 is 40.0. The molecule has 3 rings (SSSR count). The van der Waals surface area contributed by atoms with E-state index in [4.69, 9.17) is 9.47 Å². The van der Waals surface area contributed by atoms with Crippen LogP contribution < -0.4 is 19.1 Å². The van der Waals surface area contributed by atoms with Crippen molar-refractivity contribution in [3.8, 4) is 11.5 Å². The number of rotatable bonds is 9. The minimum absolute atomic E-state index is 0.0151. The van der Waals surface area contributed by atoms with Crippen LogP contribution >= 0.6 is 15.9 Å². The highest BCUT2D eigenvalue weighted by atomic mass is 79.9. The van der Waals surface area contributed by atoms with Crippen LogP contribution in [0.4, 0.5) is 5.69 Å². The van der Waals surface area contributed by atoms with Gasteiger partial charge in [0.15, 0.2) is 0 Å². The summed E-state index contributed by atoms with van der Waals surface area (Å²) in [7, 11) is -1.21. The first-order chi connectivity index (χ1) is 16.1. The van der Waals surface area contributed by atoms with Gasteiger partial charge in [-0.15, -0.1) is 0 Å². The van der Waals surface area contributed by atoms with Gasteiger partial charge in [0.1, 0.15) is 22.9 Å². The summed E-state index contributed by atoms with van der Waals surface area (Å²) in [6.07, 6.45) is 0. The van der Waals surface area contributed by atoms with Crippen LogP contribution in [0.25, 0.3) is 0 Å². The molecule has 0 spiro atoms. The van der Waals surface area contributed by atoms with Crippen LogP contribution in [-0.4, -0.2) is 35.1 Å². The fourth-order valence-electron chi connectivity index (χ4n) is 3.44. The Morgan fingerprint density at radius 1 is 1.03 bits per heavy atom. The lowest BCUT2D eigenvalue weighted by atomic mass is 10.1. The van der Waals surface area contributed by atoms with Crippen molar-refractivity contribution < 1.29 is 22.7 Å². The number of nitrogens with one attached hydrogen (secondary N) is 1. The third-order valence-corrected chi connectivity index (χ3v) is 7.55. The normalized spacial score (nSPS) is 12.0. The molecule has 7 nitrogen and oxygen atoms in total. The number of carbonyl (C=O) groups is 1. The van der Waals surface area contributed by atoms with Gasteiger partial charge in [0, 0.05) is 4.47 Å². The number of hydrogen-bond acceptors (Lipinski definition) is 5. The minimum Gasteiger partial charge on any atom is -0.497 e. The highest BCUT2D eigenvalue weighted by Crippen LogP contribution is 2.31. The van der Waals surface area contributed by atoms with E-state index in [0.29, 0.717) is 11.4 Å². The molecule has 0 aromatic heterocycles. The van der Waals surface area contributed by atoms with Crippen LogP contribution in [-0.2, 0) is 14.8 Å². The number of sulfonamides is 1. The smallest absolute Gasteiger partial charge is 0.268 e. The quantitative estimate of drug-likeness (QED) is 0.414. The third-order valence-electron chi connectivity index (χ3n) is 5.26. The number of aryl methyl sites for hydroxylation is 1. The molecule has 0 radical (unpaired) electrons. The summed E-state index contributed by atoms with van der Waals surface area (Å²) in [5.74, 6) is 0.326. The number of ether oxygens (including phenoxy) is 2. The second-order valence-corrected chi connectivity index (χ2v) is 10.5. The van der Waals surface area contributed by atoms with Crippen molar-refractivity contribution in [1.82, 2.24) is 5.32 Å². The number of nitrogens with zero attached hydrogens (tertiary/aromatic N) is 1. The van der Waals surface area contributed by atoms with Crippen molar-refractivity contribution in [2.24, 2.45) is 0 Å². The Hall–Kier alpha value is -3.04. The van der Waals surface area contributed by atoms with E-state index in [1.165, 1.54) is 20.3 Å². The van der Waals surface area contributed by atoms with Crippen molar-refractivity contribution in [3.05, 3.63) is 82.3 Å². The van der Waals surface area contributed by atoms with Crippen LogP contribution in [0.3, 0.4) is 0 Å². The summed E-state index contributed by atoms with van der Waals surface area (Å²) in [6, 6.07) is 18.6. The molecule has 0 fully saturated rings. The molecular formula is C25H27BrN2O5S. The van der Waals surface area contributed by atoms with Crippen molar-refractivity contribution in [2.45, 2.75) is 24.8 Å².